The Hall–Kier alpha value is -2.84. The van der Waals surface area contributed by atoms with Crippen LogP contribution in [0.2, 0.25) is 0 Å². The highest BCUT2D eigenvalue weighted by molar-refractivity contribution is 6.06. The summed E-state index contributed by atoms with van der Waals surface area (Å²) in [4.78, 5) is 19.8. The Bertz CT molecular complexity index is 1090. The summed E-state index contributed by atoms with van der Waals surface area (Å²) in [5.74, 6) is 0.355. The molecule has 166 valence electrons. The first-order valence-corrected chi connectivity index (χ1v) is 11.2. The van der Waals surface area contributed by atoms with Crippen LogP contribution in [0.15, 0.2) is 60.7 Å². The lowest BCUT2D eigenvalue weighted by molar-refractivity contribution is -0.0364. The van der Waals surface area contributed by atoms with Crippen molar-refractivity contribution >= 4 is 16.8 Å². The maximum Gasteiger partial charge on any atom is 0.251 e. The number of nitrogens with zero attached hydrogens (tertiary/aromatic N) is 2. The number of amides is 1. The maximum absolute atomic E-state index is 12.5. The molecule has 32 heavy (non-hydrogen) atoms. The van der Waals surface area contributed by atoms with E-state index in [9.17, 15) is 4.79 Å². The molecule has 1 amide bonds. The van der Waals surface area contributed by atoms with Gasteiger partial charge in [0, 0.05) is 44.5 Å². The van der Waals surface area contributed by atoms with Gasteiger partial charge in [0.25, 0.3) is 5.91 Å². The average molecular weight is 432 g/mol. The zero-order valence-corrected chi connectivity index (χ0v) is 18.3. The quantitative estimate of drug-likeness (QED) is 0.576. The highest BCUT2D eigenvalue weighted by atomic mass is 16.5. The van der Waals surface area contributed by atoms with Crippen LogP contribution in [0.3, 0.4) is 0 Å². The molecule has 2 fully saturated rings. The third-order valence-corrected chi connectivity index (χ3v) is 6.43. The van der Waals surface area contributed by atoms with Gasteiger partial charge in [0.1, 0.15) is 6.10 Å². The summed E-state index contributed by atoms with van der Waals surface area (Å²) < 4.78 is 6.12. The number of carbonyl (C=O) groups excluding carboxylic acids is 1. The molecule has 3 atom stereocenters. The lowest BCUT2D eigenvalue weighted by atomic mass is 9.94. The minimum Gasteiger partial charge on any atom is -0.369 e. The molecule has 3 heterocycles. The van der Waals surface area contributed by atoms with Crippen molar-refractivity contribution in [1.82, 2.24) is 26.1 Å². The number of hydrogen-bond donors (Lipinski definition) is 3. The van der Waals surface area contributed by atoms with Gasteiger partial charge in [-0.25, -0.2) is 10.4 Å². The molecular weight excluding hydrogens is 402 g/mol. The Balaban J connectivity index is 1.35. The maximum atomic E-state index is 12.5. The molecular formula is C25H29N5O2. The Kier molecular flexibility index (Phi) is 6.14. The summed E-state index contributed by atoms with van der Waals surface area (Å²) in [5, 5.41) is 3.61. The van der Waals surface area contributed by atoms with Crippen molar-refractivity contribution < 1.29 is 9.53 Å². The molecule has 2 saturated heterocycles. The van der Waals surface area contributed by atoms with E-state index >= 15 is 0 Å². The Morgan fingerprint density at radius 3 is 2.84 bits per heavy atom. The fourth-order valence-electron chi connectivity index (χ4n) is 4.78. The fraction of sp³-hybridized carbons (Fsp3) is 0.360. The molecule has 7 nitrogen and oxygen atoms in total. The van der Waals surface area contributed by atoms with Gasteiger partial charge in [0.2, 0.25) is 0 Å². The van der Waals surface area contributed by atoms with E-state index in [4.69, 9.17) is 9.72 Å². The van der Waals surface area contributed by atoms with Crippen LogP contribution in [0.25, 0.3) is 10.9 Å². The predicted molar refractivity (Wildman–Crippen MR) is 124 cm³/mol. The van der Waals surface area contributed by atoms with Crippen molar-refractivity contribution in [1.29, 1.82) is 0 Å². The van der Waals surface area contributed by atoms with E-state index in [2.05, 4.69) is 51.4 Å². The molecule has 0 bridgehead atoms. The second-order valence-corrected chi connectivity index (χ2v) is 8.48. The van der Waals surface area contributed by atoms with Crippen LogP contribution in [0.5, 0.6) is 0 Å². The molecule has 0 aliphatic carbocycles. The van der Waals surface area contributed by atoms with Crippen molar-refractivity contribution in [3.63, 3.8) is 0 Å². The van der Waals surface area contributed by atoms with E-state index in [0.29, 0.717) is 18.1 Å². The van der Waals surface area contributed by atoms with Gasteiger partial charge < -0.3 is 10.1 Å². The first-order valence-electron chi connectivity index (χ1n) is 11.2. The normalized spacial score (nSPS) is 24.0. The monoisotopic (exact) mass is 431 g/mol. The van der Waals surface area contributed by atoms with Crippen LogP contribution in [0, 0.1) is 5.92 Å². The van der Waals surface area contributed by atoms with E-state index in [0.717, 1.165) is 42.8 Å². The van der Waals surface area contributed by atoms with Crippen molar-refractivity contribution in [3.05, 3.63) is 77.5 Å². The average Bonchev–Trinajstić information content (AvgIpc) is 3.31. The summed E-state index contributed by atoms with van der Waals surface area (Å²) in [6.45, 7) is 4.20. The summed E-state index contributed by atoms with van der Waals surface area (Å²) in [5.41, 5.74) is 10.3. The van der Waals surface area contributed by atoms with Gasteiger partial charge in [0.05, 0.1) is 29.4 Å². The lowest BCUT2D eigenvalue weighted by Crippen LogP contribution is -2.42. The topological polar surface area (TPSA) is 78.5 Å². The lowest BCUT2D eigenvalue weighted by Gasteiger charge is -2.35. The number of morpholine rings is 1. The minimum absolute atomic E-state index is 0.105. The number of fused-ring (bicyclic) bond motifs is 1. The standard InChI is InChI=1S/C25H29N5O2/c1-26-25(31)20-13-22(28-21-10-6-5-9-19(20)21)23-16-30(11-12-32-23)15-18-14-27-29-24(18)17-7-3-2-4-8-17/h2-10,13,18,23-24,27,29H,11-12,14-16H2,1H3,(H,26,31). The highest BCUT2D eigenvalue weighted by Gasteiger charge is 2.32. The Labute approximate surface area is 188 Å². The van der Waals surface area contributed by atoms with E-state index in [1.54, 1.807) is 7.05 Å². The third-order valence-electron chi connectivity index (χ3n) is 6.43. The number of rotatable bonds is 5. The molecule has 3 unspecified atom stereocenters. The van der Waals surface area contributed by atoms with Crippen LogP contribution in [-0.4, -0.2) is 55.6 Å². The minimum atomic E-state index is -0.158. The van der Waals surface area contributed by atoms with Crippen LogP contribution in [-0.2, 0) is 4.74 Å². The van der Waals surface area contributed by atoms with Crippen molar-refractivity contribution in [2.75, 3.05) is 39.8 Å². The van der Waals surface area contributed by atoms with E-state index in [1.165, 1.54) is 5.56 Å². The van der Waals surface area contributed by atoms with Crippen LogP contribution in [0.4, 0.5) is 0 Å². The van der Waals surface area contributed by atoms with E-state index < -0.39 is 0 Å². The number of aromatic nitrogens is 1. The van der Waals surface area contributed by atoms with Gasteiger partial charge in [-0.3, -0.25) is 15.1 Å². The summed E-state index contributed by atoms with van der Waals surface area (Å²) >= 11 is 0. The first kappa shape index (κ1) is 21.0. The zero-order valence-electron chi connectivity index (χ0n) is 18.3. The highest BCUT2D eigenvalue weighted by Crippen LogP contribution is 2.29. The van der Waals surface area contributed by atoms with E-state index in [1.807, 2.05) is 30.3 Å². The van der Waals surface area contributed by atoms with Crippen LogP contribution >= 0.6 is 0 Å². The zero-order chi connectivity index (χ0) is 21.9. The predicted octanol–water partition coefficient (Wildman–Crippen LogP) is 2.43. The van der Waals surface area contributed by atoms with Gasteiger partial charge in [-0.15, -0.1) is 0 Å². The molecule has 2 aromatic carbocycles. The van der Waals surface area contributed by atoms with Gasteiger partial charge in [-0.05, 0) is 17.7 Å². The summed E-state index contributed by atoms with van der Waals surface area (Å²) in [6.07, 6.45) is -0.158. The number of benzene rings is 2. The van der Waals surface area contributed by atoms with Crippen molar-refractivity contribution in [2.24, 2.45) is 5.92 Å². The summed E-state index contributed by atoms with van der Waals surface area (Å²) in [7, 11) is 1.66. The van der Waals surface area contributed by atoms with Gasteiger partial charge >= 0.3 is 0 Å². The second-order valence-electron chi connectivity index (χ2n) is 8.48. The molecule has 0 saturated carbocycles. The molecule has 3 aromatic rings. The van der Waals surface area contributed by atoms with Crippen molar-refractivity contribution in [3.8, 4) is 0 Å². The van der Waals surface area contributed by atoms with Crippen LogP contribution in [0.1, 0.15) is 33.8 Å². The number of nitrogens with one attached hydrogen (secondary N) is 3. The van der Waals surface area contributed by atoms with E-state index in [-0.39, 0.29) is 18.1 Å². The number of pyridine rings is 1. The Morgan fingerprint density at radius 2 is 2.00 bits per heavy atom. The number of para-hydroxylation sites is 1. The van der Waals surface area contributed by atoms with Gasteiger partial charge in [-0.1, -0.05) is 48.5 Å². The smallest absolute Gasteiger partial charge is 0.251 e. The molecule has 2 aliphatic rings. The number of hydrogen-bond acceptors (Lipinski definition) is 6. The second kappa shape index (κ2) is 9.34. The summed E-state index contributed by atoms with van der Waals surface area (Å²) in [6, 6.07) is 20.5. The Morgan fingerprint density at radius 1 is 1.19 bits per heavy atom. The van der Waals surface area contributed by atoms with Crippen LogP contribution < -0.4 is 16.2 Å². The fourth-order valence-corrected chi connectivity index (χ4v) is 4.78. The van der Waals surface area contributed by atoms with Crippen molar-refractivity contribution in [2.45, 2.75) is 12.1 Å². The first-order chi connectivity index (χ1) is 15.7. The number of hydrazine groups is 1. The largest absolute Gasteiger partial charge is 0.369 e. The molecule has 7 heteroatoms. The molecule has 0 spiro atoms. The number of ether oxygens (including phenoxy) is 1. The molecule has 3 N–H and O–H groups in total. The molecule has 5 rings (SSSR count). The molecule has 0 radical (unpaired) electrons. The third kappa shape index (κ3) is 4.25. The number of carbonyl (C=O) groups is 1. The van der Waals surface area contributed by atoms with Gasteiger partial charge in [0.15, 0.2) is 0 Å². The SMILES string of the molecule is CNC(=O)c1cc(C2CN(CC3CNNC3c3ccccc3)CCO2)nc2ccccc12. The molecule has 2 aliphatic heterocycles. The van der Waals surface area contributed by atoms with Gasteiger partial charge in [-0.2, -0.15) is 0 Å². The molecule has 1 aromatic heterocycles.